The van der Waals surface area contributed by atoms with Crippen molar-refractivity contribution in [2.24, 2.45) is 0 Å². The van der Waals surface area contributed by atoms with Gasteiger partial charge in [0.1, 0.15) is 11.4 Å². The van der Waals surface area contributed by atoms with E-state index in [4.69, 9.17) is 21.7 Å². The van der Waals surface area contributed by atoms with Crippen molar-refractivity contribution >= 4 is 62.3 Å². The summed E-state index contributed by atoms with van der Waals surface area (Å²) >= 11 is 6.73. The molecule has 0 aliphatic rings. The number of carbonyl (C=O) groups excluding carboxylic acids is 2. The number of aromatic nitrogens is 1. The lowest BCUT2D eigenvalue weighted by Gasteiger charge is -2.19. The molecule has 47 heavy (non-hydrogen) atoms. The predicted molar refractivity (Wildman–Crippen MR) is 189 cm³/mol. The molecule has 2 amide bonds. The summed E-state index contributed by atoms with van der Waals surface area (Å²) in [6, 6.07) is 25.3. The van der Waals surface area contributed by atoms with Crippen LogP contribution in [0.2, 0.25) is 0 Å². The van der Waals surface area contributed by atoms with Crippen molar-refractivity contribution in [3.63, 3.8) is 0 Å². The molecule has 0 aliphatic heterocycles. The van der Waals surface area contributed by atoms with E-state index in [1.54, 1.807) is 18.3 Å². The fraction of sp³-hybridized carbons (Fsp3) is 0.200. The molecule has 0 bridgehead atoms. The number of hydrogen-bond donors (Lipinski definition) is 4. The van der Waals surface area contributed by atoms with E-state index in [1.165, 1.54) is 23.5 Å². The molecule has 3 aromatic carbocycles. The zero-order chi connectivity index (χ0) is 33.4. The standard InChI is InChI=1S/C35H34FN5O4S2/c1-35(2,3)45-34(43)39-18-17-37-24-11-9-23(10-12-24)30-21-27-32(47-30)29(15-16-38-27)44-28-14-13-25(20-26(28)36)40-33(46)41-31(42)19-22-7-5-4-6-8-22/h4-16,20-21,37H,17-19H2,1-3H3,(H,39,43)(H2,40,41,42,46). The van der Waals surface area contributed by atoms with Crippen molar-refractivity contribution in [1.82, 2.24) is 15.6 Å². The summed E-state index contributed by atoms with van der Waals surface area (Å²) < 4.78 is 27.1. The molecule has 0 radical (unpaired) electrons. The number of nitrogens with one attached hydrogen (secondary N) is 4. The molecule has 9 nitrogen and oxygen atoms in total. The van der Waals surface area contributed by atoms with Crippen LogP contribution in [0.4, 0.5) is 20.6 Å². The maximum atomic E-state index is 15.1. The highest BCUT2D eigenvalue weighted by molar-refractivity contribution is 7.80. The first-order valence-corrected chi connectivity index (χ1v) is 16.1. The van der Waals surface area contributed by atoms with E-state index in [1.807, 2.05) is 81.4 Å². The van der Waals surface area contributed by atoms with Gasteiger partial charge in [0.25, 0.3) is 0 Å². The number of ether oxygens (including phenoxy) is 2. The Morgan fingerprint density at radius 1 is 0.915 bits per heavy atom. The van der Waals surface area contributed by atoms with E-state index in [0.29, 0.717) is 24.5 Å². The first kappa shape index (κ1) is 33.3. The number of carbonyl (C=O) groups is 2. The van der Waals surface area contributed by atoms with Crippen LogP contribution in [0.25, 0.3) is 20.7 Å². The Kier molecular flexibility index (Phi) is 10.6. The first-order valence-electron chi connectivity index (χ1n) is 14.8. The van der Waals surface area contributed by atoms with Gasteiger partial charge in [0, 0.05) is 47.7 Å². The van der Waals surface area contributed by atoms with Crippen LogP contribution in [0.1, 0.15) is 26.3 Å². The summed E-state index contributed by atoms with van der Waals surface area (Å²) in [5, 5.41) is 11.5. The number of hydrogen-bond acceptors (Lipinski definition) is 8. The van der Waals surface area contributed by atoms with Gasteiger partial charge in [-0.15, -0.1) is 11.3 Å². The summed E-state index contributed by atoms with van der Waals surface area (Å²) in [5.74, 6) is -0.359. The minimum atomic E-state index is -0.598. The molecule has 2 heterocycles. The quantitative estimate of drug-likeness (QED) is 0.0876. The number of nitrogens with zero attached hydrogens (tertiary/aromatic N) is 1. The Hall–Kier alpha value is -5.07. The molecule has 5 aromatic rings. The Morgan fingerprint density at radius 2 is 1.66 bits per heavy atom. The molecule has 242 valence electrons. The molecule has 0 unspecified atom stereocenters. The van der Waals surface area contributed by atoms with Crippen molar-refractivity contribution in [3.8, 4) is 21.9 Å². The zero-order valence-electron chi connectivity index (χ0n) is 26.1. The number of thiophene rings is 1. The van der Waals surface area contributed by atoms with Crippen LogP contribution in [-0.4, -0.2) is 40.8 Å². The molecule has 12 heteroatoms. The van der Waals surface area contributed by atoms with Gasteiger partial charge in [0.05, 0.1) is 16.6 Å². The smallest absolute Gasteiger partial charge is 0.407 e. The second-order valence-corrected chi connectivity index (χ2v) is 12.9. The maximum Gasteiger partial charge on any atom is 0.407 e. The lowest BCUT2D eigenvalue weighted by atomic mass is 10.1. The number of thiocarbonyl (C=S) groups is 1. The van der Waals surface area contributed by atoms with E-state index in [0.717, 1.165) is 31.9 Å². The molecule has 0 fully saturated rings. The second kappa shape index (κ2) is 15.0. The van der Waals surface area contributed by atoms with E-state index >= 15 is 4.39 Å². The summed E-state index contributed by atoms with van der Waals surface area (Å²) in [5.41, 5.74) is 3.32. The summed E-state index contributed by atoms with van der Waals surface area (Å²) in [6.07, 6.45) is 1.35. The Morgan fingerprint density at radius 3 is 2.38 bits per heavy atom. The lowest BCUT2D eigenvalue weighted by molar-refractivity contribution is -0.119. The molecule has 4 N–H and O–H groups in total. The molecule has 5 rings (SSSR count). The number of fused-ring (bicyclic) bond motifs is 1. The number of pyridine rings is 1. The van der Waals surface area contributed by atoms with Gasteiger partial charge in [-0.2, -0.15) is 0 Å². The average molecular weight is 672 g/mol. The van der Waals surface area contributed by atoms with Gasteiger partial charge in [0.2, 0.25) is 5.91 Å². The largest absolute Gasteiger partial charge is 0.453 e. The van der Waals surface area contributed by atoms with Gasteiger partial charge in [-0.1, -0.05) is 42.5 Å². The summed E-state index contributed by atoms with van der Waals surface area (Å²) in [4.78, 5) is 29.5. The van der Waals surface area contributed by atoms with Crippen LogP contribution in [0.5, 0.6) is 11.5 Å². The van der Waals surface area contributed by atoms with Crippen LogP contribution < -0.4 is 26.0 Å². The summed E-state index contributed by atoms with van der Waals surface area (Å²) in [7, 11) is 0. The predicted octanol–water partition coefficient (Wildman–Crippen LogP) is 7.89. The van der Waals surface area contributed by atoms with Crippen molar-refractivity contribution in [3.05, 3.63) is 103 Å². The normalized spacial score (nSPS) is 11.1. The fourth-order valence-corrected chi connectivity index (χ4v) is 5.77. The fourth-order valence-electron chi connectivity index (χ4n) is 4.47. The molecule has 0 aliphatic carbocycles. The van der Waals surface area contributed by atoms with Gasteiger partial charge in [0.15, 0.2) is 16.7 Å². The van der Waals surface area contributed by atoms with Gasteiger partial charge in [-0.25, -0.2) is 9.18 Å². The zero-order valence-corrected chi connectivity index (χ0v) is 27.7. The third-order valence-corrected chi connectivity index (χ3v) is 7.93. The van der Waals surface area contributed by atoms with E-state index in [2.05, 4.69) is 26.3 Å². The Labute approximate surface area is 281 Å². The molecule has 0 spiro atoms. The van der Waals surface area contributed by atoms with Gasteiger partial charge < -0.3 is 30.7 Å². The average Bonchev–Trinajstić information content (AvgIpc) is 3.46. The Balaban J connectivity index is 1.17. The van der Waals surface area contributed by atoms with E-state index in [9.17, 15) is 9.59 Å². The highest BCUT2D eigenvalue weighted by atomic mass is 32.1. The number of rotatable bonds is 10. The maximum absolute atomic E-state index is 15.1. The van der Waals surface area contributed by atoms with Crippen LogP contribution in [0, 0.1) is 5.82 Å². The topological polar surface area (TPSA) is 114 Å². The van der Waals surface area contributed by atoms with Crippen LogP contribution >= 0.6 is 23.6 Å². The highest BCUT2D eigenvalue weighted by Gasteiger charge is 2.16. The van der Waals surface area contributed by atoms with Gasteiger partial charge in [-0.3, -0.25) is 9.78 Å². The summed E-state index contributed by atoms with van der Waals surface area (Å²) in [6.45, 7) is 6.42. The molecular formula is C35H34FN5O4S2. The van der Waals surface area contributed by atoms with Crippen molar-refractivity contribution in [2.45, 2.75) is 32.8 Å². The minimum absolute atomic E-state index is 0.0358. The SMILES string of the molecule is CC(C)(C)OC(=O)NCCNc1ccc(-c2cc3nccc(Oc4ccc(NC(=S)NC(=O)Cc5ccccc5)cc4F)c3s2)cc1. The molecule has 2 aromatic heterocycles. The molecule has 0 saturated heterocycles. The molecule has 0 saturated carbocycles. The number of halogens is 1. The van der Waals surface area contributed by atoms with Crippen molar-refractivity contribution in [1.29, 1.82) is 0 Å². The number of alkyl carbamates (subject to hydrolysis) is 1. The second-order valence-electron chi connectivity index (χ2n) is 11.5. The molecular weight excluding hydrogens is 638 g/mol. The van der Waals surface area contributed by atoms with E-state index in [-0.39, 0.29) is 23.2 Å². The number of benzene rings is 3. The van der Waals surface area contributed by atoms with Crippen LogP contribution in [0.15, 0.2) is 91.1 Å². The minimum Gasteiger partial charge on any atom is -0.453 e. The number of amides is 2. The third kappa shape index (κ3) is 9.71. The molecule has 0 atom stereocenters. The van der Waals surface area contributed by atoms with Crippen molar-refractivity contribution in [2.75, 3.05) is 23.7 Å². The Bertz CT molecular complexity index is 1880. The number of anilines is 2. The van der Waals surface area contributed by atoms with Crippen LogP contribution in [0.3, 0.4) is 0 Å². The van der Waals surface area contributed by atoms with Gasteiger partial charge >= 0.3 is 6.09 Å². The monoisotopic (exact) mass is 671 g/mol. The third-order valence-electron chi connectivity index (χ3n) is 6.54. The van der Waals surface area contributed by atoms with Crippen LogP contribution in [-0.2, 0) is 16.0 Å². The first-order chi connectivity index (χ1) is 22.5. The van der Waals surface area contributed by atoms with Crippen molar-refractivity contribution < 1.29 is 23.5 Å². The lowest BCUT2D eigenvalue weighted by Crippen LogP contribution is -2.35. The van der Waals surface area contributed by atoms with Gasteiger partial charge in [-0.05, 0) is 74.4 Å². The van der Waals surface area contributed by atoms with E-state index < -0.39 is 17.5 Å². The highest BCUT2D eigenvalue weighted by Crippen LogP contribution is 2.40.